The lowest BCUT2D eigenvalue weighted by Gasteiger charge is -2.27. The van der Waals surface area contributed by atoms with Crippen molar-refractivity contribution in [3.8, 4) is 16.9 Å². The number of likely N-dealkylation sites (tertiary alicyclic amines) is 1. The Hall–Kier alpha value is -5.29. The minimum Gasteiger partial charge on any atom is -0.495 e. The molecule has 2 atom stereocenters. The summed E-state index contributed by atoms with van der Waals surface area (Å²) in [6.45, 7) is 1.53. The number of amides is 2. The molecule has 44 heavy (non-hydrogen) atoms. The molecule has 0 saturated carbocycles. The van der Waals surface area contributed by atoms with Crippen LogP contribution in [0.1, 0.15) is 32.7 Å². The molecule has 2 aromatic heterocycles. The van der Waals surface area contributed by atoms with Crippen molar-refractivity contribution in [3.63, 3.8) is 0 Å². The Balaban J connectivity index is 1.03. The molecule has 2 amide bonds. The van der Waals surface area contributed by atoms with Gasteiger partial charge in [0.1, 0.15) is 11.6 Å². The van der Waals surface area contributed by atoms with Gasteiger partial charge in [-0.05, 0) is 72.1 Å². The number of hydrogen-bond donors (Lipinski definition) is 2. The SMILES string of the molecule is COc1cc(C(=O)N2C[C@@H]3CC2CO3)ccc1Nc1nc2ccc(-c3ccc(C(=O)NCc4ccc(F)cc4)cc3)cn2n1. The molecule has 10 nitrogen and oxygen atoms in total. The van der Waals surface area contributed by atoms with E-state index in [1.807, 2.05) is 35.4 Å². The van der Waals surface area contributed by atoms with Crippen LogP contribution in [0.5, 0.6) is 5.75 Å². The Kier molecular flexibility index (Phi) is 7.15. The first-order chi connectivity index (χ1) is 21.4. The standard InChI is InChI=1S/C33H29FN6O4/c1-43-29-14-23(32(42)39-18-27-15-26(39)19-44-27)8-12-28(29)36-33-37-30-13-9-24(17-40(30)38-33)21-4-6-22(7-5-21)31(41)35-16-20-2-10-25(34)11-3-20/h2-14,17,26-27H,15-16,18-19H2,1H3,(H,35,41)(H,36,38)/t26?,27-/m0/s1. The normalized spacial score (nSPS) is 17.2. The van der Waals surface area contributed by atoms with E-state index in [9.17, 15) is 14.0 Å². The van der Waals surface area contributed by atoms with E-state index >= 15 is 0 Å². The molecule has 2 N–H and O–H groups in total. The van der Waals surface area contributed by atoms with E-state index in [1.165, 1.54) is 12.1 Å². The van der Waals surface area contributed by atoms with Crippen LogP contribution in [0, 0.1) is 5.82 Å². The van der Waals surface area contributed by atoms with Crippen molar-refractivity contribution in [2.45, 2.75) is 25.1 Å². The number of fused-ring (bicyclic) bond motifs is 3. The molecule has 0 radical (unpaired) electrons. The zero-order valence-corrected chi connectivity index (χ0v) is 23.9. The zero-order chi connectivity index (χ0) is 30.2. The average Bonchev–Trinajstić information content (AvgIpc) is 3.80. The Morgan fingerprint density at radius 1 is 1.00 bits per heavy atom. The van der Waals surface area contributed by atoms with Crippen LogP contribution >= 0.6 is 0 Å². The van der Waals surface area contributed by atoms with Crippen molar-refractivity contribution in [3.05, 3.63) is 108 Å². The molecule has 0 spiro atoms. The van der Waals surface area contributed by atoms with Gasteiger partial charge in [0.25, 0.3) is 11.8 Å². The minimum atomic E-state index is -0.313. The molecule has 2 saturated heterocycles. The summed E-state index contributed by atoms with van der Waals surface area (Å²) in [6, 6.07) is 22.5. The largest absolute Gasteiger partial charge is 0.495 e. The number of nitrogens with zero attached hydrogens (tertiary/aromatic N) is 4. The number of aromatic nitrogens is 3. The molecule has 1 unspecified atom stereocenters. The van der Waals surface area contributed by atoms with E-state index < -0.39 is 0 Å². The maximum atomic E-state index is 13.1. The molecule has 2 aliphatic rings. The van der Waals surface area contributed by atoms with E-state index in [1.54, 1.807) is 54.1 Å². The fourth-order valence-corrected chi connectivity index (χ4v) is 5.67. The summed E-state index contributed by atoms with van der Waals surface area (Å²) in [6.07, 6.45) is 2.90. The first-order valence-electron chi connectivity index (χ1n) is 14.3. The fraction of sp³-hybridized carbons (Fsp3) is 0.212. The van der Waals surface area contributed by atoms with Gasteiger partial charge >= 0.3 is 0 Å². The van der Waals surface area contributed by atoms with Crippen LogP contribution < -0.4 is 15.4 Å². The molecule has 2 fully saturated rings. The third kappa shape index (κ3) is 5.45. The fourth-order valence-electron chi connectivity index (χ4n) is 5.67. The van der Waals surface area contributed by atoms with Crippen molar-refractivity contribution in [1.82, 2.24) is 24.8 Å². The van der Waals surface area contributed by atoms with Gasteiger partial charge in [-0.1, -0.05) is 24.3 Å². The topological polar surface area (TPSA) is 110 Å². The van der Waals surface area contributed by atoms with Gasteiger partial charge in [0.2, 0.25) is 5.95 Å². The number of ether oxygens (including phenoxy) is 2. The van der Waals surface area contributed by atoms with Gasteiger partial charge in [-0.25, -0.2) is 8.91 Å². The van der Waals surface area contributed by atoms with Gasteiger partial charge in [0.05, 0.1) is 31.5 Å². The monoisotopic (exact) mass is 592 g/mol. The number of carbonyl (C=O) groups excluding carboxylic acids is 2. The van der Waals surface area contributed by atoms with Crippen LogP contribution in [-0.2, 0) is 11.3 Å². The van der Waals surface area contributed by atoms with Crippen LogP contribution in [0.3, 0.4) is 0 Å². The molecular formula is C33H29FN6O4. The average molecular weight is 593 g/mol. The summed E-state index contributed by atoms with van der Waals surface area (Å²) in [7, 11) is 1.56. The summed E-state index contributed by atoms with van der Waals surface area (Å²) in [4.78, 5) is 32.2. The predicted molar refractivity (Wildman–Crippen MR) is 161 cm³/mol. The zero-order valence-electron chi connectivity index (χ0n) is 23.9. The lowest BCUT2D eigenvalue weighted by molar-refractivity contribution is 0.0259. The highest BCUT2D eigenvalue weighted by Gasteiger charge is 2.41. The number of nitrogens with one attached hydrogen (secondary N) is 2. The predicted octanol–water partition coefficient (Wildman–Crippen LogP) is 4.83. The van der Waals surface area contributed by atoms with Crippen LogP contribution in [0.15, 0.2) is 85.1 Å². The van der Waals surface area contributed by atoms with Gasteiger partial charge in [0, 0.05) is 36.0 Å². The molecule has 222 valence electrons. The summed E-state index contributed by atoms with van der Waals surface area (Å²) in [5.41, 5.74) is 4.98. The molecule has 2 bridgehead atoms. The van der Waals surface area contributed by atoms with E-state index in [4.69, 9.17) is 9.47 Å². The van der Waals surface area contributed by atoms with Crippen molar-refractivity contribution >= 4 is 29.1 Å². The number of methoxy groups -OCH3 is 1. The maximum absolute atomic E-state index is 13.1. The first-order valence-corrected chi connectivity index (χ1v) is 14.3. The van der Waals surface area contributed by atoms with Gasteiger partial charge in [-0.2, -0.15) is 4.98 Å². The third-order valence-corrected chi connectivity index (χ3v) is 8.03. The van der Waals surface area contributed by atoms with Gasteiger partial charge in [-0.15, -0.1) is 5.10 Å². The Labute approximate surface area is 252 Å². The second-order valence-electron chi connectivity index (χ2n) is 10.9. The second-order valence-corrected chi connectivity index (χ2v) is 10.9. The number of rotatable bonds is 8. The lowest BCUT2D eigenvalue weighted by atomic mass is 10.1. The smallest absolute Gasteiger partial charge is 0.254 e. The summed E-state index contributed by atoms with van der Waals surface area (Å²) >= 11 is 0. The first kappa shape index (κ1) is 27.5. The highest BCUT2D eigenvalue weighted by molar-refractivity contribution is 5.96. The molecule has 3 aromatic carbocycles. The molecule has 7 rings (SSSR count). The van der Waals surface area contributed by atoms with Crippen LogP contribution in [0.4, 0.5) is 16.0 Å². The number of pyridine rings is 1. The third-order valence-electron chi connectivity index (χ3n) is 8.03. The number of anilines is 2. The van der Waals surface area contributed by atoms with Crippen molar-refractivity contribution in [2.24, 2.45) is 0 Å². The molecule has 0 aliphatic carbocycles. The Bertz CT molecular complexity index is 1860. The number of hydrogen-bond acceptors (Lipinski definition) is 7. The van der Waals surface area contributed by atoms with Crippen molar-refractivity contribution in [1.29, 1.82) is 0 Å². The van der Waals surface area contributed by atoms with E-state index in [2.05, 4.69) is 20.7 Å². The summed E-state index contributed by atoms with van der Waals surface area (Å²) < 4.78 is 26.0. The number of halogens is 1. The van der Waals surface area contributed by atoms with Crippen molar-refractivity contribution in [2.75, 3.05) is 25.6 Å². The van der Waals surface area contributed by atoms with Gasteiger partial charge in [0.15, 0.2) is 5.65 Å². The van der Waals surface area contributed by atoms with E-state index in [-0.39, 0.29) is 29.8 Å². The van der Waals surface area contributed by atoms with Crippen molar-refractivity contribution < 1.29 is 23.5 Å². The van der Waals surface area contributed by atoms with Gasteiger partial charge in [-0.3, -0.25) is 9.59 Å². The van der Waals surface area contributed by atoms with E-state index in [0.717, 1.165) is 23.1 Å². The molecular weight excluding hydrogens is 563 g/mol. The molecule has 2 aliphatic heterocycles. The van der Waals surface area contributed by atoms with Crippen LogP contribution in [-0.4, -0.2) is 63.7 Å². The molecule has 5 aromatic rings. The summed E-state index contributed by atoms with van der Waals surface area (Å²) in [5.74, 6) is 0.336. The van der Waals surface area contributed by atoms with E-state index in [0.29, 0.717) is 53.9 Å². The Morgan fingerprint density at radius 2 is 1.77 bits per heavy atom. The highest BCUT2D eigenvalue weighted by atomic mass is 19.1. The number of carbonyl (C=O) groups is 2. The van der Waals surface area contributed by atoms with Crippen LogP contribution in [0.2, 0.25) is 0 Å². The van der Waals surface area contributed by atoms with Gasteiger partial charge < -0.3 is 25.0 Å². The minimum absolute atomic E-state index is 0.0253. The quantitative estimate of drug-likeness (QED) is 0.266. The maximum Gasteiger partial charge on any atom is 0.254 e. The second kappa shape index (κ2) is 11.4. The lowest BCUT2D eigenvalue weighted by Crippen LogP contribution is -2.41. The molecule has 4 heterocycles. The summed E-state index contributed by atoms with van der Waals surface area (Å²) in [5, 5.41) is 10.6. The number of morpholine rings is 1. The number of benzene rings is 3. The molecule has 11 heteroatoms. The Morgan fingerprint density at radius 3 is 2.50 bits per heavy atom. The van der Waals surface area contributed by atoms with Crippen LogP contribution in [0.25, 0.3) is 16.8 Å². The highest BCUT2D eigenvalue weighted by Crippen LogP contribution is 2.32.